The van der Waals surface area contributed by atoms with Gasteiger partial charge in [0.15, 0.2) is 5.17 Å². The van der Waals surface area contributed by atoms with Crippen LogP contribution in [0, 0.1) is 0 Å². The van der Waals surface area contributed by atoms with Crippen LogP contribution in [0.5, 0.6) is 5.75 Å². The number of hydrogen-bond acceptors (Lipinski definition) is 4. The number of amidine groups is 1. The zero-order valence-electron chi connectivity index (χ0n) is 14.4. The summed E-state index contributed by atoms with van der Waals surface area (Å²) < 4.78 is 5.87. The Balaban J connectivity index is 1.50. The molecule has 0 atom stereocenters. The van der Waals surface area contributed by atoms with Gasteiger partial charge in [-0.1, -0.05) is 54.2 Å². The van der Waals surface area contributed by atoms with Crippen molar-refractivity contribution < 1.29 is 9.53 Å². The highest BCUT2D eigenvalue weighted by Crippen LogP contribution is 2.28. The van der Waals surface area contributed by atoms with Crippen LogP contribution in [0.4, 0.5) is 0 Å². The van der Waals surface area contributed by atoms with Crippen molar-refractivity contribution in [3.8, 4) is 5.75 Å². The smallest absolute Gasteiger partial charge is 0.278 e. The topological polar surface area (TPSA) is 41.9 Å². The molecule has 5 heteroatoms. The molecule has 1 amide bonds. The van der Waals surface area contributed by atoms with Crippen LogP contribution in [0.3, 0.4) is 0 Å². The molecule has 2 aliphatic rings. The van der Waals surface area contributed by atoms with Crippen molar-refractivity contribution in [2.45, 2.75) is 19.4 Å². The molecular formula is C21H20N2O2S. The summed E-state index contributed by atoms with van der Waals surface area (Å²) in [6.45, 7) is 1.29. The minimum atomic E-state index is 0.00464. The van der Waals surface area contributed by atoms with E-state index < -0.39 is 0 Å². The molecule has 0 N–H and O–H groups in total. The normalized spacial score (nSPS) is 18.5. The lowest BCUT2D eigenvalue weighted by molar-refractivity contribution is -0.122. The van der Waals surface area contributed by atoms with Gasteiger partial charge in [-0.3, -0.25) is 9.69 Å². The van der Waals surface area contributed by atoms with Gasteiger partial charge in [0, 0.05) is 12.3 Å². The second-order valence-corrected chi connectivity index (χ2v) is 7.35. The fourth-order valence-electron chi connectivity index (χ4n) is 2.97. The summed E-state index contributed by atoms with van der Waals surface area (Å²) in [6, 6.07) is 17.8. The second kappa shape index (κ2) is 7.79. The summed E-state index contributed by atoms with van der Waals surface area (Å²) in [6.07, 6.45) is 4.01. The summed E-state index contributed by atoms with van der Waals surface area (Å²) in [7, 11) is 0. The number of ether oxygens (including phenoxy) is 1. The molecule has 2 aliphatic heterocycles. The number of thioether (sulfide) groups is 1. The summed E-state index contributed by atoms with van der Waals surface area (Å²) in [5, 5.41) is 0.843. The van der Waals surface area contributed by atoms with E-state index in [1.807, 2.05) is 60.7 Å². The Bertz CT molecular complexity index is 861. The van der Waals surface area contributed by atoms with Gasteiger partial charge in [0.05, 0.1) is 0 Å². The summed E-state index contributed by atoms with van der Waals surface area (Å²) in [5.41, 5.74) is 2.55. The Morgan fingerprint density at radius 1 is 1.12 bits per heavy atom. The zero-order chi connectivity index (χ0) is 17.8. The molecule has 4 rings (SSSR count). The molecule has 4 nitrogen and oxygen atoms in total. The molecule has 1 fully saturated rings. The number of nitrogens with zero attached hydrogens (tertiary/aromatic N) is 2. The van der Waals surface area contributed by atoms with E-state index in [-0.39, 0.29) is 5.91 Å². The monoisotopic (exact) mass is 364 g/mol. The molecule has 26 heavy (non-hydrogen) atoms. The van der Waals surface area contributed by atoms with Crippen molar-refractivity contribution >= 4 is 28.9 Å². The van der Waals surface area contributed by atoms with Crippen LogP contribution in [-0.2, 0) is 11.4 Å². The number of amides is 1. The molecule has 2 aromatic rings. The van der Waals surface area contributed by atoms with E-state index in [0.717, 1.165) is 47.2 Å². The number of hydrogen-bond donors (Lipinski definition) is 0. The molecule has 0 radical (unpaired) electrons. The van der Waals surface area contributed by atoms with Gasteiger partial charge in [-0.25, -0.2) is 4.99 Å². The predicted octanol–water partition coefficient (Wildman–Crippen LogP) is 4.33. The summed E-state index contributed by atoms with van der Waals surface area (Å²) in [5.74, 6) is 1.81. The molecule has 1 saturated heterocycles. The first kappa shape index (κ1) is 16.9. The van der Waals surface area contributed by atoms with Gasteiger partial charge in [0.1, 0.15) is 18.1 Å². The van der Waals surface area contributed by atoms with Crippen LogP contribution in [-0.4, -0.2) is 28.3 Å². The predicted molar refractivity (Wildman–Crippen MR) is 106 cm³/mol. The Morgan fingerprint density at radius 2 is 2.00 bits per heavy atom. The highest BCUT2D eigenvalue weighted by atomic mass is 32.2. The molecule has 2 heterocycles. The lowest BCUT2D eigenvalue weighted by atomic mass is 10.1. The van der Waals surface area contributed by atoms with Crippen molar-refractivity contribution in [2.24, 2.45) is 4.99 Å². The molecule has 0 bridgehead atoms. The molecular weight excluding hydrogens is 344 g/mol. The van der Waals surface area contributed by atoms with Crippen LogP contribution < -0.4 is 4.74 Å². The Labute approximate surface area is 157 Å². The minimum Gasteiger partial charge on any atom is -0.489 e. The summed E-state index contributed by atoms with van der Waals surface area (Å²) in [4.78, 5) is 18.9. The van der Waals surface area contributed by atoms with Crippen LogP contribution in [0.25, 0.3) is 6.08 Å². The minimum absolute atomic E-state index is 0.00464. The van der Waals surface area contributed by atoms with Crippen molar-refractivity contribution in [1.82, 2.24) is 4.90 Å². The number of fused-ring (bicyclic) bond motifs is 1. The molecule has 0 aromatic heterocycles. The van der Waals surface area contributed by atoms with Crippen molar-refractivity contribution in [3.63, 3.8) is 0 Å². The first-order valence-electron chi connectivity index (χ1n) is 8.81. The van der Waals surface area contributed by atoms with E-state index in [0.29, 0.717) is 12.3 Å². The van der Waals surface area contributed by atoms with Gasteiger partial charge in [-0.05, 0) is 42.2 Å². The maximum atomic E-state index is 12.6. The molecule has 0 spiro atoms. The molecule has 2 aromatic carbocycles. The van der Waals surface area contributed by atoms with Crippen LogP contribution in [0.15, 0.2) is 65.3 Å². The third-order valence-corrected chi connectivity index (χ3v) is 5.39. The van der Waals surface area contributed by atoms with Crippen LogP contribution in [0.2, 0.25) is 0 Å². The van der Waals surface area contributed by atoms with Crippen LogP contribution in [0.1, 0.15) is 24.0 Å². The van der Waals surface area contributed by atoms with Gasteiger partial charge in [-0.2, -0.15) is 0 Å². The SMILES string of the molecule is O=C1/C(=C/c2cccc(OCc3ccccc3)c2)N=C2SCCCCN12. The molecule has 132 valence electrons. The summed E-state index contributed by atoms with van der Waals surface area (Å²) >= 11 is 1.67. The van der Waals surface area contributed by atoms with Gasteiger partial charge in [0.25, 0.3) is 5.91 Å². The van der Waals surface area contributed by atoms with Crippen molar-refractivity contribution in [3.05, 3.63) is 71.4 Å². The molecule has 0 unspecified atom stereocenters. The van der Waals surface area contributed by atoms with E-state index >= 15 is 0 Å². The fourth-order valence-corrected chi connectivity index (χ4v) is 3.99. The number of carbonyl (C=O) groups is 1. The Kier molecular flexibility index (Phi) is 5.07. The Hall–Kier alpha value is -2.53. The lowest BCUT2D eigenvalue weighted by Crippen LogP contribution is -2.30. The highest BCUT2D eigenvalue weighted by molar-refractivity contribution is 8.13. The molecule has 0 saturated carbocycles. The third kappa shape index (κ3) is 3.83. The van der Waals surface area contributed by atoms with E-state index in [1.54, 1.807) is 16.7 Å². The third-order valence-electron chi connectivity index (χ3n) is 4.33. The average molecular weight is 364 g/mol. The lowest BCUT2D eigenvalue weighted by Gasteiger charge is -2.13. The second-order valence-electron chi connectivity index (χ2n) is 6.28. The first-order chi connectivity index (χ1) is 12.8. The number of aliphatic imine (C=N–C) groups is 1. The first-order valence-corrected chi connectivity index (χ1v) is 9.80. The standard InChI is InChI=1S/C21H20N2O2S/c24-20-19(22-21-23(20)11-4-5-12-26-21)14-17-9-6-10-18(13-17)25-15-16-7-2-1-3-8-16/h1-3,6-10,13-14H,4-5,11-12,15H2/b19-14-. The van der Waals surface area contributed by atoms with E-state index in [4.69, 9.17) is 4.74 Å². The van der Waals surface area contributed by atoms with E-state index in [9.17, 15) is 4.79 Å². The van der Waals surface area contributed by atoms with Crippen molar-refractivity contribution in [2.75, 3.05) is 12.3 Å². The van der Waals surface area contributed by atoms with Gasteiger partial charge in [-0.15, -0.1) is 0 Å². The molecule has 0 aliphatic carbocycles. The number of rotatable bonds is 4. The van der Waals surface area contributed by atoms with Crippen molar-refractivity contribution in [1.29, 1.82) is 0 Å². The highest BCUT2D eigenvalue weighted by Gasteiger charge is 2.31. The Morgan fingerprint density at radius 3 is 2.88 bits per heavy atom. The van der Waals surface area contributed by atoms with Gasteiger partial charge in [0.2, 0.25) is 0 Å². The fraction of sp³-hybridized carbons (Fsp3) is 0.238. The van der Waals surface area contributed by atoms with E-state index in [2.05, 4.69) is 4.99 Å². The van der Waals surface area contributed by atoms with Crippen LogP contribution >= 0.6 is 11.8 Å². The maximum Gasteiger partial charge on any atom is 0.278 e. The van der Waals surface area contributed by atoms with Gasteiger partial charge >= 0.3 is 0 Å². The number of carbonyl (C=O) groups excluding carboxylic acids is 1. The zero-order valence-corrected chi connectivity index (χ0v) is 15.2. The average Bonchev–Trinajstić information content (AvgIpc) is 2.84. The van der Waals surface area contributed by atoms with Gasteiger partial charge < -0.3 is 4.74 Å². The maximum absolute atomic E-state index is 12.6. The quantitative estimate of drug-likeness (QED) is 0.758. The number of benzene rings is 2. The largest absolute Gasteiger partial charge is 0.489 e. The van der Waals surface area contributed by atoms with E-state index in [1.165, 1.54) is 0 Å².